The van der Waals surface area contributed by atoms with Crippen LogP contribution in [0.15, 0.2) is 0 Å². The Morgan fingerprint density at radius 1 is 1.00 bits per heavy atom. The fourth-order valence-corrected chi connectivity index (χ4v) is 0. The smallest absolute Gasteiger partial charge is 1.00 e. The molecule has 0 heterocycles. The maximum atomic E-state index is 8.62. The second-order valence-electron chi connectivity index (χ2n) is 0.500. The zero-order chi connectivity index (χ0) is 4.50. The maximum Gasteiger partial charge on any atom is 1.00 e. The first-order valence-corrected chi connectivity index (χ1v) is 3.37. The third kappa shape index (κ3) is 32.8. The first-order chi connectivity index (χ1) is 2.00. The number of rotatable bonds is 0. The van der Waals surface area contributed by atoms with Crippen molar-refractivity contribution in [2.75, 3.05) is 0 Å². The summed E-state index contributed by atoms with van der Waals surface area (Å²) in [6.45, 7) is 0. The minimum absolute atomic E-state index is 0. The molecule has 0 fully saturated rings. The van der Waals surface area contributed by atoms with Gasteiger partial charge in [-0.1, -0.05) is 0 Å². The number of hydrogen-bond donors (Lipinski definition) is 0. The van der Waals surface area contributed by atoms with E-state index in [1.165, 1.54) is 0 Å². The van der Waals surface area contributed by atoms with Crippen molar-refractivity contribution in [3.05, 3.63) is 0 Å². The van der Waals surface area contributed by atoms with Gasteiger partial charge in [0.25, 0.3) is 0 Å². The largest absolute Gasteiger partial charge is 1.00 e. The molecule has 0 saturated heterocycles. The van der Waals surface area contributed by atoms with Gasteiger partial charge in [0.2, 0.25) is 0 Å². The van der Waals surface area contributed by atoms with Gasteiger partial charge in [0.05, 0.1) is 0 Å². The Morgan fingerprint density at radius 3 is 1.00 bits per heavy atom. The van der Waals surface area contributed by atoms with Crippen LogP contribution in [0.25, 0.3) is 0 Å². The van der Waals surface area contributed by atoms with E-state index >= 15 is 0 Å². The molecular formula is HO4RbTi-2. The fraction of sp³-hybridized carbons (Fsp3) is 0. The molecule has 0 unspecified atom stereocenters. The van der Waals surface area contributed by atoms with Crippen molar-refractivity contribution in [2.24, 2.45) is 0 Å². The van der Waals surface area contributed by atoms with E-state index in [1.807, 2.05) is 0 Å². The zero-order valence-electron chi connectivity index (χ0n) is 4.13. The Labute approximate surface area is 90.3 Å². The molecule has 0 radical (unpaired) electrons. The van der Waals surface area contributed by atoms with Crippen LogP contribution >= 0.6 is 0 Å². The van der Waals surface area contributed by atoms with Gasteiger partial charge in [0.1, 0.15) is 0 Å². The minimum atomic E-state index is -6.00. The fourth-order valence-electron chi connectivity index (χ4n) is 0. The van der Waals surface area contributed by atoms with Gasteiger partial charge >= 0.3 is 92.5 Å². The van der Waals surface area contributed by atoms with Gasteiger partial charge in [-0.15, -0.1) is 0 Å². The Bertz CT molecular complexity index is 27.2. The van der Waals surface area contributed by atoms with Gasteiger partial charge in [-0.2, -0.15) is 0 Å². The van der Waals surface area contributed by atoms with E-state index in [0.717, 1.165) is 0 Å². The average molecular weight is 198 g/mol. The van der Waals surface area contributed by atoms with Crippen molar-refractivity contribution in [1.82, 2.24) is 0 Å². The van der Waals surface area contributed by atoms with Crippen LogP contribution in [-0.2, 0) is 18.1 Å². The van der Waals surface area contributed by atoms with Crippen LogP contribution in [0, 0.1) is 0 Å². The predicted octanol–water partition coefficient (Wildman–Crippen LogP) is -7.64. The molecule has 0 amide bonds. The van der Waals surface area contributed by atoms with Crippen molar-refractivity contribution in [2.45, 2.75) is 0 Å². The predicted molar refractivity (Wildman–Crippen MR) is 1.11 cm³/mol. The van der Waals surface area contributed by atoms with Crippen molar-refractivity contribution >= 4 is 0 Å². The van der Waals surface area contributed by atoms with E-state index in [4.69, 9.17) is 14.8 Å². The van der Waals surface area contributed by atoms with E-state index in [2.05, 4.69) is 0 Å². The van der Waals surface area contributed by atoms with Gasteiger partial charge in [-0.05, 0) is 0 Å². The first kappa shape index (κ1) is 11.2. The third-order valence-electron chi connectivity index (χ3n) is 0. The summed E-state index contributed by atoms with van der Waals surface area (Å²) in [4.78, 5) is 0. The average Bonchev–Trinajstić information content (AvgIpc) is 0.722. The Hall–Kier alpha value is 2.36. The Balaban J connectivity index is -0.0000000800. The van der Waals surface area contributed by atoms with Crippen LogP contribution in [0.1, 0.15) is 1.43 Å². The summed E-state index contributed by atoms with van der Waals surface area (Å²) < 4.78 is 34.5. The van der Waals surface area contributed by atoms with Gasteiger partial charge in [-0.3, -0.25) is 0 Å². The molecule has 0 aliphatic heterocycles. The van der Waals surface area contributed by atoms with E-state index < -0.39 is 18.1 Å². The molecule has 0 rings (SSSR count). The maximum absolute atomic E-state index is 8.62. The molecule has 0 bridgehead atoms. The molecule has 0 aliphatic carbocycles. The summed E-state index contributed by atoms with van der Waals surface area (Å²) >= 11 is -6.00. The minimum Gasteiger partial charge on any atom is 1.00 e. The molecule has 0 N–H and O–H groups in total. The molecular weight excluding hydrogens is 197 g/mol. The van der Waals surface area contributed by atoms with Gasteiger partial charge < -0.3 is 0 Å². The second-order valence-corrected chi connectivity index (χ2v) is 2.06. The van der Waals surface area contributed by atoms with Crippen LogP contribution in [0.4, 0.5) is 0 Å². The standard InChI is InChI=1S/4O.Rb.Ti/q4*-1;+1;/p+1. The van der Waals surface area contributed by atoms with E-state index in [-0.39, 0.29) is 59.6 Å². The monoisotopic (exact) mass is 198 g/mol. The molecule has 32 valence electrons. The Morgan fingerprint density at radius 2 is 1.00 bits per heavy atom. The van der Waals surface area contributed by atoms with Crippen molar-refractivity contribution in [3.8, 4) is 0 Å². The quantitative estimate of drug-likeness (QED) is 0.361. The van der Waals surface area contributed by atoms with Gasteiger partial charge in [0.15, 0.2) is 0 Å². The SMILES string of the molecule is [H+].[O-][Ti]([O-])([O-])[O-].[Rb+]. The number of hydrogen-bond acceptors (Lipinski definition) is 4. The summed E-state index contributed by atoms with van der Waals surface area (Å²) in [5.41, 5.74) is 0. The molecule has 0 aliphatic rings. The molecule has 6 heteroatoms. The summed E-state index contributed by atoms with van der Waals surface area (Å²) in [5, 5.41) is 0. The second kappa shape index (κ2) is 4.26. The first-order valence-electron chi connectivity index (χ1n) is 0.816. The molecule has 0 spiro atoms. The van der Waals surface area contributed by atoms with Crippen molar-refractivity contribution in [1.29, 1.82) is 0 Å². The normalized spacial score (nSPS) is 10.0. The van der Waals surface area contributed by atoms with Crippen LogP contribution in [0.2, 0.25) is 0 Å². The summed E-state index contributed by atoms with van der Waals surface area (Å²) in [7, 11) is 0. The molecule has 0 aromatic rings. The topological polar surface area (TPSA) is 92.2 Å². The molecule has 0 aromatic heterocycles. The van der Waals surface area contributed by atoms with Crippen LogP contribution in [-0.4, -0.2) is 0 Å². The van der Waals surface area contributed by atoms with Crippen LogP contribution < -0.4 is 72.9 Å². The van der Waals surface area contributed by atoms with Crippen LogP contribution in [0.3, 0.4) is 0 Å². The zero-order valence-corrected chi connectivity index (χ0v) is 9.61. The molecule has 6 heavy (non-hydrogen) atoms. The van der Waals surface area contributed by atoms with Crippen molar-refractivity contribution in [3.63, 3.8) is 0 Å². The molecule has 0 atom stereocenters. The van der Waals surface area contributed by atoms with E-state index in [0.29, 0.717) is 0 Å². The summed E-state index contributed by atoms with van der Waals surface area (Å²) in [6.07, 6.45) is 0. The summed E-state index contributed by atoms with van der Waals surface area (Å²) in [6, 6.07) is 0. The molecule has 0 aromatic carbocycles. The summed E-state index contributed by atoms with van der Waals surface area (Å²) in [5.74, 6) is 0. The molecule has 4 nitrogen and oxygen atoms in total. The molecule has 0 saturated carbocycles. The van der Waals surface area contributed by atoms with Crippen LogP contribution in [0.5, 0.6) is 0 Å². The third-order valence-corrected chi connectivity index (χ3v) is 0. The van der Waals surface area contributed by atoms with E-state index in [1.54, 1.807) is 0 Å². The Kier molecular flexibility index (Phi) is 7.95. The van der Waals surface area contributed by atoms with Gasteiger partial charge in [0, 0.05) is 0 Å². The van der Waals surface area contributed by atoms with E-state index in [9.17, 15) is 0 Å². The van der Waals surface area contributed by atoms with Crippen molar-refractivity contribution < 1.29 is 92.5 Å². The van der Waals surface area contributed by atoms with Gasteiger partial charge in [-0.25, -0.2) is 0 Å².